The maximum absolute atomic E-state index is 14.9. The topological polar surface area (TPSA) is 29.5 Å². The number of alkyl halides is 4. The summed E-state index contributed by atoms with van der Waals surface area (Å²) in [5.74, 6) is -0.198. The Labute approximate surface area is 211 Å². The fourth-order valence-corrected chi connectivity index (χ4v) is 4.35. The molecular formula is C28H38F5NO2. The molecule has 1 saturated heterocycles. The summed E-state index contributed by atoms with van der Waals surface area (Å²) in [4.78, 5) is 9.90. The highest BCUT2D eigenvalue weighted by Gasteiger charge is 2.39. The second kappa shape index (κ2) is 14.9. The minimum absolute atomic E-state index is 0.00207. The Bertz CT molecular complexity index is 899. The van der Waals surface area contributed by atoms with Crippen LogP contribution in [0.4, 0.5) is 27.6 Å². The normalized spacial score (nSPS) is 16.5. The van der Waals surface area contributed by atoms with Gasteiger partial charge in [0.05, 0.1) is 5.69 Å². The predicted octanol–water partition coefficient (Wildman–Crippen LogP) is 7.69. The van der Waals surface area contributed by atoms with Crippen LogP contribution in [0, 0.1) is 17.2 Å². The summed E-state index contributed by atoms with van der Waals surface area (Å²) >= 11 is 0. The fourth-order valence-electron chi connectivity index (χ4n) is 4.35. The van der Waals surface area contributed by atoms with Gasteiger partial charge in [-0.05, 0) is 48.3 Å². The van der Waals surface area contributed by atoms with Crippen molar-refractivity contribution in [2.45, 2.75) is 58.8 Å². The molecule has 1 aliphatic rings. The van der Waals surface area contributed by atoms with Crippen molar-refractivity contribution < 1.29 is 31.5 Å². The van der Waals surface area contributed by atoms with Crippen LogP contribution in [0.1, 0.15) is 62.6 Å². The maximum atomic E-state index is 14.9. The first-order valence-electron chi connectivity index (χ1n) is 11.9. The molecule has 0 aliphatic carbocycles. The molecule has 2 aromatic rings. The average molecular weight is 516 g/mol. The summed E-state index contributed by atoms with van der Waals surface area (Å²) in [6.07, 6.45) is -3.57. The Balaban J connectivity index is 0.00000120. The Kier molecular flexibility index (Phi) is 13.1. The first-order chi connectivity index (χ1) is 17.0. The van der Waals surface area contributed by atoms with Crippen molar-refractivity contribution in [1.29, 1.82) is 0 Å². The van der Waals surface area contributed by atoms with Crippen molar-refractivity contribution in [2.75, 3.05) is 32.2 Å². The van der Waals surface area contributed by atoms with Gasteiger partial charge in [0.25, 0.3) is 6.43 Å². The van der Waals surface area contributed by atoms with E-state index < -0.39 is 18.3 Å². The Morgan fingerprint density at radius 2 is 1.50 bits per heavy atom. The quantitative estimate of drug-likeness (QED) is 0.354. The molecule has 1 fully saturated rings. The molecule has 0 aromatic heterocycles. The number of hydrogen-bond donors (Lipinski definition) is 0. The first-order valence-corrected chi connectivity index (χ1v) is 11.9. The monoisotopic (exact) mass is 515 g/mol. The molecule has 1 heterocycles. The summed E-state index contributed by atoms with van der Waals surface area (Å²) in [5, 5.41) is 0. The molecule has 36 heavy (non-hydrogen) atoms. The molecule has 2 aromatic carbocycles. The molecule has 0 spiro atoms. The van der Waals surface area contributed by atoms with E-state index in [-0.39, 0.29) is 23.2 Å². The number of anilines is 1. The molecule has 0 amide bonds. The predicted molar refractivity (Wildman–Crippen MR) is 135 cm³/mol. The number of halogens is 5. The van der Waals surface area contributed by atoms with Gasteiger partial charge in [-0.15, -0.1) is 0 Å². The third kappa shape index (κ3) is 8.29. The van der Waals surface area contributed by atoms with Crippen molar-refractivity contribution >= 4 is 12.5 Å². The lowest BCUT2D eigenvalue weighted by atomic mass is 9.79. The van der Waals surface area contributed by atoms with E-state index in [9.17, 15) is 22.0 Å². The van der Waals surface area contributed by atoms with E-state index in [1.165, 1.54) is 18.2 Å². The standard InChI is InChI=1S/C25H30F5N.C2H6O.CH2O/c1-16(15-18-7-9-19(10-8-18)23(27)28)17(2)20-5-4-6-21(26)22(20)31-13-11-25(3,12-14-31)24(29)30;1-3-2;1-2/h4-10,16-17,23-24H,11-15H2,1-3H3;1-2H3;1H2. The zero-order valence-corrected chi connectivity index (χ0v) is 21.7. The second-order valence-corrected chi connectivity index (χ2v) is 9.54. The van der Waals surface area contributed by atoms with Crippen LogP contribution >= 0.6 is 0 Å². The highest BCUT2D eigenvalue weighted by atomic mass is 19.3. The van der Waals surface area contributed by atoms with E-state index in [1.54, 1.807) is 39.3 Å². The van der Waals surface area contributed by atoms with E-state index >= 15 is 0 Å². The van der Waals surface area contributed by atoms with Crippen LogP contribution in [-0.2, 0) is 16.0 Å². The van der Waals surface area contributed by atoms with Gasteiger partial charge in [0.15, 0.2) is 0 Å². The minimum Gasteiger partial charge on any atom is -0.388 e. The summed E-state index contributed by atoms with van der Waals surface area (Å²) in [6, 6.07) is 11.3. The number of hydrogen-bond acceptors (Lipinski definition) is 3. The van der Waals surface area contributed by atoms with Gasteiger partial charge in [0.1, 0.15) is 12.6 Å². The lowest BCUT2D eigenvalue weighted by Crippen LogP contribution is -2.43. The Hall–Kier alpha value is -2.48. The molecule has 0 radical (unpaired) electrons. The van der Waals surface area contributed by atoms with Crippen LogP contribution < -0.4 is 4.90 Å². The van der Waals surface area contributed by atoms with E-state index in [2.05, 4.69) is 11.7 Å². The Morgan fingerprint density at radius 1 is 0.972 bits per heavy atom. The minimum atomic E-state index is -2.49. The zero-order chi connectivity index (χ0) is 27.5. The largest absolute Gasteiger partial charge is 0.388 e. The smallest absolute Gasteiger partial charge is 0.263 e. The van der Waals surface area contributed by atoms with Gasteiger partial charge in [-0.1, -0.05) is 57.2 Å². The highest BCUT2D eigenvalue weighted by Crippen LogP contribution is 2.41. The highest BCUT2D eigenvalue weighted by molar-refractivity contribution is 5.57. The molecule has 1 aliphatic heterocycles. The summed E-state index contributed by atoms with van der Waals surface area (Å²) in [5.41, 5.74) is 1.29. The van der Waals surface area contributed by atoms with Crippen molar-refractivity contribution in [1.82, 2.24) is 0 Å². The molecule has 202 valence electrons. The zero-order valence-electron chi connectivity index (χ0n) is 21.7. The lowest BCUT2D eigenvalue weighted by molar-refractivity contribution is -0.0980. The van der Waals surface area contributed by atoms with E-state index in [4.69, 9.17) is 4.79 Å². The summed E-state index contributed by atoms with van der Waals surface area (Å²) < 4.78 is 71.4. The fraction of sp³-hybridized carbons (Fsp3) is 0.536. The number of piperidine rings is 1. The number of benzene rings is 2. The van der Waals surface area contributed by atoms with Gasteiger partial charge in [0.2, 0.25) is 6.43 Å². The number of rotatable bonds is 7. The molecule has 0 N–H and O–H groups in total. The van der Waals surface area contributed by atoms with E-state index in [1.807, 2.05) is 24.7 Å². The van der Waals surface area contributed by atoms with Gasteiger partial charge in [-0.25, -0.2) is 22.0 Å². The molecule has 0 bridgehead atoms. The van der Waals surface area contributed by atoms with Gasteiger partial charge < -0.3 is 14.4 Å². The molecular weight excluding hydrogens is 477 g/mol. The van der Waals surface area contributed by atoms with Crippen LogP contribution in [-0.4, -0.2) is 40.5 Å². The van der Waals surface area contributed by atoms with Gasteiger partial charge in [-0.3, -0.25) is 0 Å². The van der Waals surface area contributed by atoms with Gasteiger partial charge >= 0.3 is 0 Å². The molecule has 2 unspecified atom stereocenters. The molecule has 3 nitrogen and oxygen atoms in total. The van der Waals surface area contributed by atoms with Crippen molar-refractivity contribution in [3.8, 4) is 0 Å². The average Bonchev–Trinajstić information content (AvgIpc) is 2.86. The number of ether oxygens (including phenoxy) is 1. The van der Waals surface area contributed by atoms with Crippen LogP contribution in [0.25, 0.3) is 0 Å². The van der Waals surface area contributed by atoms with Crippen LogP contribution in [0.3, 0.4) is 0 Å². The van der Waals surface area contributed by atoms with Crippen molar-refractivity contribution in [3.05, 3.63) is 65.0 Å². The van der Waals surface area contributed by atoms with Gasteiger partial charge in [-0.2, -0.15) is 0 Å². The molecule has 3 rings (SSSR count). The lowest BCUT2D eigenvalue weighted by Gasteiger charge is -2.41. The maximum Gasteiger partial charge on any atom is 0.263 e. The third-order valence-corrected chi connectivity index (χ3v) is 6.90. The van der Waals surface area contributed by atoms with Crippen molar-refractivity contribution in [3.63, 3.8) is 0 Å². The first kappa shape index (κ1) is 31.5. The molecule has 8 heteroatoms. The van der Waals surface area contributed by atoms with Crippen LogP contribution in [0.5, 0.6) is 0 Å². The third-order valence-electron chi connectivity index (χ3n) is 6.90. The summed E-state index contributed by atoms with van der Waals surface area (Å²) in [6.45, 7) is 8.48. The number of carbonyl (C=O) groups is 1. The Morgan fingerprint density at radius 3 is 1.97 bits per heavy atom. The second-order valence-electron chi connectivity index (χ2n) is 9.54. The number of carbonyl (C=O) groups excluding carboxylic acids is 1. The molecule has 2 atom stereocenters. The SMILES string of the molecule is C=O.CC(Cc1ccc(C(F)F)cc1)C(C)c1cccc(F)c1N1CCC(C)(C(F)F)CC1.COC. The van der Waals surface area contributed by atoms with E-state index in [0.29, 0.717) is 38.0 Å². The number of para-hydroxylation sites is 1. The van der Waals surface area contributed by atoms with Crippen LogP contribution in [0.15, 0.2) is 42.5 Å². The van der Waals surface area contributed by atoms with Crippen LogP contribution in [0.2, 0.25) is 0 Å². The number of methoxy groups -OCH3 is 1. The summed E-state index contributed by atoms with van der Waals surface area (Å²) in [7, 11) is 3.25. The van der Waals surface area contributed by atoms with Gasteiger partial charge in [0, 0.05) is 38.3 Å². The number of nitrogens with zero attached hydrogens (tertiary/aromatic N) is 1. The molecule has 0 saturated carbocycles. The van der Waals surface area contributed by atoms with Crippen molar-refractivity contribution in [2.24, 2.45) is 11.3 Å². The van der Waals surface area contributed by atoms with E-state index in [0.717, 1.165) is 11.1 Å².